The predicted molar refractivity (Wildman–Crippen MR) is 89.7 cm³/mol. The fraction of sp³-hybridized carbons (Fsp3) is 0.125. The summed E-state index contributed by atoms with van der Waals surface area (Å²) < 4.78 is 66.4. The molecule has 2 aromatic rings. The van der Waals surface area contributed by atoms with Crippen molar-refractivity contribution < 1.29 is 70.4 Å². The van der Waals surface area contributed by atoms with Gasteiger partial charge in [0.15, 0.2) is 0 Å². The van der Waals surface area contributed by atoms with E-state index >= 15 is 0 Å². The average molecular weight is 435 g/mol. The van der Waals surface area contributed by atoms with Gasteiger partial charge in [0, 0.05) is 10.5 Å². The second kappa shape index (κ2) is 9.74. The number of benzene rings is 2. The Kier molecular flexibility index (Phi) is 8.50. The van der Waals surface area contributed by atoms with Crippen LogP contribution in [0, 0.1) is 0 Å². The van der Waals surface area contributed by atoms with Gasteiger partial charge in [-0.05, 0) is 40.9 Å². The Hall–Kier alpha value is -1.60. The van der Waals surface area contributed by atoms with Crippen molar-refractivity contribution in [3.05, 3.63) is 47.5 Å². The summed E-state index contributed by atoms with van der Waals surface area (Å²) in [5.41, 5.74) is -0.956. The molecule has 0 aliphatic carbocycles. The van der Waals surface area contributed by atoms with Gasteiger partial charge in [0.2, 0.25) is 0 Å². The van der Waals surface area contributed by atoms with Crippen molar-refractivity contribution in [3.63, 3.8) is 0 Å². The molecule has 0 aliphatic rings. The molecule has 0 radical (unpaired) electrons. The number of carbonyl (C=O) groups is 2. The van der Waals surface area contributed by atoms with Crippen LogP contribution in [0.15, 0.2) is 46.2 Å². The van der Waals surface area contributed by atoms with Crippen LogP contribution in [0.3, 0.4) is 0 Å². The Bertz CT molecular complexity index is 1030. The van der Waals surface area contributed by atoms with Crippen molar-refractivity contribution in [2.45, 2.75) is 9.79 Å². The Labute approximate surface area is 185 Å². The second-order valence-electron chi connectivity index (χ2n) is 5.09. The van der Waals surface area contributed by atoms with Gasteiger partial charge in [0.1, 0.15) is 10.1 Å². The van der Waals surface area contributed by atoms with Crippen LogP contribution >= 0.6 is 0 Å². The zero-order valence-electron chi connectivity index (χ0n) is 15.0. The molecule has 0 N–H and O–H groups in total. The first-order chi connectivity index (χ1) is 12.6. The molecule has 2 aromatic carbocycles. The van der Waals surface area contributed by atoms with E-state index in [9.17, 15) is 31.3 Å². The van der Waals surface area contributed by atoms with Crippen molar-refractivity contribution in [2.24, 2.45) is 0 Å². The molecular formula is C16H12NaO9S2-. The first kappa shape index (κ1) is 24.4. The molecule has 0 saturated heterocycles. The van der Waals surface area contributed by atoms with Crippen LogP contribution in [-0.4, -0.2) is 47.9 Å². The van der Waals surface area contributed by atoms with Gasteiger partial charge < -0.3 is 18.6 Å². The number of rotatable bonds is 5. The number of methoxy groups -OCH3 is 2. The molecular weight excluding hydrogens is 423 g/mol. The normalized spacial score (nSPS) is 11.9. The molecule has 0 spiro atoms. The fourth-order valence-electron chi connectivity index (χ4n) is 2.35. The Morgan fingerprint density at radius 3 is 1.96 bits per heavy atom. The van der Waals surface area contributed by atoms with Crippen LogP contribution in [0.2, 0.25) is 0 Å². The van der Waals surface area contributed by atoms with Crippen LogP contribution in [-0.2, 0) is 30.7 Å². The fourth-order valence-corrected chi connectivity index (χ4v) is 3.46. The van der Waals surface area contributed by atoms with E-state index in [0.29, 0.717) is 0 Å². The van der Waals surface area contributed by atoms with Crippen LogP contribution in [0.1, 0.15) is 20.7 Å². The van der Waals surface area contributed by atoms with E-state index in [1.165, 1.54) is 12.1 Å². The standard InChI is InChI=1S/C16H14O9S2.Na/c1-24-15(17)10-7-12(16(18)25-2)14(13(8-10)27(21,22)23)9-3-5-11(6-4-9)26(19)20;/h3-8H,1-2H3,(H,19,20)(H,21,22,23);/q;+1/p-2. The molecule has 2 rings (SSSR count). The maximum atomic E-state index is 12.2. The Morgan fingerprint density at radius 1 is 1.00 bits per heavy atom. The van der Waals surface area contributed by atoms with E-state index < -0.39 is 38.0 Å². The molecule has 0 aromatic heterocycles. The van der Waals surface area contributed by atoms with Gasteiger partial charge in [-0.2, -0.15) is 0 Å². The molecule has 28 heavy (non-hydrogen) atoms. The van der Waals surface area contributed by atoms with E-state index in [4.69, 9.17) is 0 Å². The van der Waals surface area contributed by atoms with Crippen molar-refractivity contribution in [1.29, 1.82) is 0 Å². The summed E-state index contributed by atoms with van der Waals surface area (Å²) in [6.07, 6.45) is 0. The quantitative estimate of drug-likeness (QED) is 0.226. The summed E-state index contributed by atoms with van der Waals surface area (Å²) in [6.45, 7) is 0. The van der Waals surface area contributed by atoms with Crippen molar-refractivity contribution in [3.8, 4) is 11.1 Å². The monoisotopic (exact) mass is 435 g/mol. The summed E-state index contributed by atoms with van der Waals surface area (Å²) in [6, 6.07) is 6.58. The molecule has 0 saturated carbocycles. The van der Waals surface area contributed by atoms with E-state index in [1.54, 1.807) is 0 Å². The van der Waals surface area contributed by atoms with E-state index in [1.807, 2.05) is 0 Å². The maximum Gasteiger partial charge on any atom is 1.00 e. The number of hydrogen-bond acceptors (Lipinski definition) is 9. The van der Waals surface area contributed by atoms with Gasteiger partial charge in [-0.3, -0.25) is 4.21 Å². The van der Waals surface area contributed by atoms with Crippen LogP contribution in [0.5, 0.6) is 0 Å². The predicted octanol–water partition coefficient (Wildman–Crippen LogP) is -1.93. The number of hydrogen-bond donors (Lipinski definition) is 0. The van der Waals surface area contributed by atoms with Gasteiger partial charge in [-0.15, -0.1) is 0 Å². The molecule has 0 aliphatic heterocycles. The summed E-state index contributed by atoms with van der Waals surface area (Å²) in [4.78, 5) is 23.0. The minimum atomic E-state index is -5.12. The molecule has 1 unspecified atom stereocenters. The Morgan fingerprint density at radius 2 is 1.54 bits per heavy atom. The van der Waals surface area contributed by atoms with Gasteiger partial charge in [-0.25, -0.2) is 18.0 Å². The summed E-state index contributed by atoms with van der Waals surface area (Å²) in [7, 11) is -3.05. The molecule has 0 fully saturated rings. The molecule has 9 nitrogen and oxygen atoms in total. The zero-order chi connectivity index (χ0) is 20.4. The molecule has 0 bridgehead atoms. The van der Waals surface area contributed by atoms with Crippen molar-refractivity contribution in [1.82, 2.24) is 0 Å². The topological polar surface area (TPSA) is 150 Å². The third-order valence-electron chi connectivity index (χ3n) is 3.53. The minimum Gasteiger partial charge on any atom is -0.768 e. The smallest absolute Gasteiger partial charge is 0.768 e. The first-order valence-electron chi connectivity index (χ1n) is 7.10. The van der Waals surface area contributed by atoms with Crippen molar-refractivity contribution >= 4 is 33.1 Å². The molecule has 144 valence electrons. The second-order valence-corrected chi connectivity index (χ2v) is 7.38. The van der Waals surface area contributed by atoms with Crippen LogP contribution < -0.4 is 29.6 Å². The number of carbonyl (C=O) groups excluding carboxylic acids is 2. The van der Waals surface area contributed by atoms with E-state index in [-0.39, 0.29) is 56.7 Å². The van der Waals surface area contributed by atoms with Crippen molar-refractivity contribution in [2.75, 3.05) is 14.2 Å². The minimum absolute atomic E-state index is 0. The average Bonchev–Trinajstić information content (AvgIpc) is 2.64. The molecule has 0 heterocycles. The molecule has 12 heteroatoms. The van der Waals surface area contributed by atoms with Crippen LogP contribution in [0.25, 0.3) is 11.1 Å². The van der Waals surface area contributed by atoms with E-state index in [2.05, 4.69) is 9.47 Å². The van der Waals surface area contributed by atoms with Crippen LogP contribution in [0.4, 0.5) is 0 Å². The SMILES string of the molecule is COC(=O)c1cc(C(=O)OC)c(-c2ccc(S(=O)[O-])cc2)c(S(=O)(=O)[O-])c1.[Na+]. The largest absolute Gasteiger partial charge is 1.00 e. The van der Waals surface area contributed by atoms with Gasteiger partial charge in [-0.1, -0.05) is 12.1 Å². The summed E-state index contributed by atoms with van der Waals surface area (Å²) >= 11 is -2.53. The molecule has 1 atom stereocenters. The first-order valence-corrected chi connectivity index (χ1v) is 9.58. The number of esters is 2. The van der Waals surface area contributed by atoms with E-state index in [0.717, 1.165) is 38.5 Å². The third-order valence-corrected chi connectivity index (χ3v) is 5.05. The summed E-state index contributed by atoms with van der Waals surface area (Å²) in [5.74, 6) is -1.97. The third kappa shape index (κ3) is 5.26. The molecule has 0 amide bonds. The van der Waals surface area contributed by atoms with Gasteiger partial charge in [0.05, 0.1) is 30.2 Å². The van der Waals surface area contributed by atoms with Gasteiger partial charge >= 0.3 is 41.5 Å². The summed E-state index contributed by atoms with van der Waals surface area (Å²) in [5, 5.41) is 0. The Balaban J connectivity index is 0.00000392. The van der Waals surface area contributed by atoms with Gasteiger partial charge in [0.25, 0.3) is 0 Å². The maximum absolute atomic E-state index is 12.2. The number of ether oxygens (including phenoxy) is 2. The zero-order valence-corrected chi connectivity index (χ0v) is 18.6.